The number of aryl methyl sites for hydroxylation is 2. The van der Waals surface area contributed by atoms with E-state index in [0.29, 0.717) is 0 Å². The highest BCUT2D eigenvalue weighted by atomic mass is 15.1. The lowest BCUT2D eigenvalue weighted by Gasteiger charge is -2.30. The van der Waals surface area contributed by atoms with Gasteiger partial charge < -0.3 is 4.90 Å². The molecule has 0 radical (unpaired) electrons. The van der Waals surface area contributed by atoms with Crippen LogP contribution in [0.15, 0.2) is 121 Å². The Labute approximate surface area is 226 Å². The molecule has 0 bridgehead atoms. The van der Waals surface area contributed by atoms with Crippen molar-refractivity contribution in [1.82, 2.24) is 0 Å². The third-order valence-corrected chi connectivity index (χ3v) is 7.54. The minimum atomic E-state index is 1.14. The molecule has 0 unspecified atom stereocenters. The standard InChI is InChI=1S/C37H33N/c1-28-14-16-29(17-15-28)18-19-30-20-24-34(25-21-30)38(37-13-7-11-33-10-5-6-12-36(33)37)35-26-22-32(23-27-35)31-8-3-2-4-9-31/h2-4,7-9,11,13-27H,5-6,10,12H2,1H3. The van der Waals surface area contributed by atoms with Gasteiger partial charge in [0, 0.05) is 17.1 Å². The van der Waals surface area contributed by atoms with E-state index in [9.17, 15) is 0 Å². The van der Waals surface area contributed by atoms with Gasteiger partial charge in [-0.05, 0) is 96.3 Å². The lowest BCUT2D eigenvalue weighted by atomic mass is 9.89. The molecular weight excluding hydrogens is 458 g/mol. The van der Waals surface area contributed by atoms with Gasteiger partial charge in [0.25, 0.3) is 0 Å². The molecule has 5 aromatic carbocycles. The van der Waals surface area contributed by atoms with Crippen LogP contribution < -0.4 is 4.90 Å². The van der Waals surface area contributed by atoms with E-state index in [-0.39, 0.29) is 0 Å². The summed E-state index contributed by atoms with van der Waals surface area (Å²) in [5.74, 6) is 0. The van der Waals surface area contributed by atoms with Gasteiger partial charge in [-0.3, -0.25) is 0 Å². The van der Waals surface area contributed by atoms with Crippen molar-refractivity contribution in [2.75, 3.05) is 4.90 Å². The maximum absolute atomic E-state index is 2.44. The fraction of sp³-hybridized carbons (Fsp3) is 0.135. The van der Waals surface area contributed by atoms with Crippen molar-refractivity contribution >= 4 is 29.2 Å². The molecule has 186 valence electrons. The summed E-state index contributed by atoms with van der Waals surface area (Å²) in [6.07, 6.45) is 9.23. The summed E-state index contributed by atoms with van der Waals surface area (Å²) in [7, 11) is 0. The second-order valence-electron chi connectivity index (χ2n) is 10.2. The third-order valence-electron chi connectivity index (χ3n) is 7.54. The second kappa shape index (κ2) is 10.9. The fourth-order valence-electron chi connectivity index (χ4n) is 5.44. The molecule has 0 aliphatic heterocycles. The number of rotatable bonds is 6. The first kappa shape index (κ1) is 24.0. The summed E-state index contributed by atoms with van der Waals surface area (Å²) in [6.45, 7) is 2.12. The molecule has 0 atom stereocenters. The highest BCUT2D eigenvalue weighted by Gasteiger charge is 2.20. The maximum Gasteiger partial charge on any atom is 0.0496 e. The van der Waals surface area contributed by atoms with E-state index in [2.05, 4.69) is 145 Å². The number of fused-ring (bicyclic) bond motifs is 1. The predicted molar refractivity (Wildman–Crippen MR) is 163 cm³/mol. The summed E-state index contributed by atoms with van der Waals surface area (Å²) in [5, 5.41) is 0. The Morgan fingerprint density at radius 1 is 0.526 bits per heavy atom. The van der Waals surface area contributed by atoms with Gasteiger partial charge in [0.15, 0.2) is 0 Å². The van der Waals surface area contributed by atoms with E-state index >= 15 is 0 Å². The smallest absolute Gasteiger partial charge is 0.0496 e. The first-order chi connectivity index (χ1) is 18.7. The highest BCUT2D eigenvalue weighted by molar-refractivity contribution is 5.81. The van der Waals surface area contributed by atoms with Crippen LogP contribution >= 0.6 is 0 Å². The quantitative estimate of drug-likeness (QED) is 0.214. The molecule has 0 saturated heterocycles. The van der Waals surface area contributed by atoms with Crippen LogP contribution in [0.4, 0.5) is 17.1 Å². The van der Waals surface area contributed by atoms with E-state index in [1.165, 1.54) is 75.3 Å². The molecule has 1 heteroatoms. The second-order valence-corrected chi connectivity index (χ2v) is 10.2. The van der Waals surface area contributed by atoms with Crippen molar-refractivity contribution in [2.24, 2.45) is 0 Å². The van der Waals surface area contributed by atoms with Crippen molar-refractivity contribution in [3.05, 3.63) is 149 Å². The molecule has 5 aromatic rings. The van der Waals surface area contributed by atoms with Crippen molar-refractivity contribution in [2.45, 2.75) is 32.6 Å². The van der Waals surface area contributed by atoms with Gasteiger partial charge in [0.05, 0.1) is 0 Å². The van der Waals surface area contributed by atoms with Gasteiger partial charge in [0.1, 0.15) is 0 Å². The van der Waals surface area contributed by atoms with Crippen LogP contribution in [0.3, 0.4) is 0 Å². The highest BCUT2D eigenvalue weighted by Crippen LogP contribution is 2.40. The van der Waals surface area contributed by atoms with Crippen LogP contribution in [0.1, 0.15) is 40.7 Å². The van der Waals surface area contributed by atoms with E-state index in [0.717, 1.165) is 6.42 Å². The molecule has 1 nitrogen and oxygen atoms in total. The van der Waals surface area contributed by atoms with Crippen LogP contribution in [0.25, 0.3) is 23.3 Å². The zero-order chi connectivity index (χ0) is 25.7. The van der Waals surface area contributed by atoms with E-state index in [4.69, 9.17) is 0 Å². The predicted octanol–water partition coefficient (Wildman–Crippen LogP) is 10.2. The molecule has 0 fully saturated rings. The van der Waals surface area contributed by atoms with Crippen LogP contribution in [-0.4, -0.2) is 0 Å². The summed E-state index contributed by atoms with van der Waals surface area (Å²) >= 11 is 0. The lowest BCUT2D eigenvalue weighted by molar-refractivity contribution is 0.686. The Balaban J connectivity index is 1.37. The summed E-state index contributed by atoms with van der Waals surface area (Å²) < 4.78 is 0. The van der Waals surface area contributed by atoms with Gasteiger partial charge in [0.2, 0.25) is 0 Å². The molecular formula is C37H33N. The molecule has 0 amide bonds. The van der Waals surface area contributed by atoms with Crippen LogP contribution in [0, 0.1) is 6.92 Å². The third kappa shape index (κ3) is 5.19. The Bertz CT molecular complexity index is 1530. The molecule has 0 saturated carbocycles. The first-order valence-electron chi connectivity index (χ1n) is 13.7. The van der Waals surface area contributed by atoms with Gasteiger partial charge >= 0.3 is 0 Å². The largest absolute Gasteiger partial charge is 0.310 e. The van der Waals surface area contributed by atoms with E-state index < -0.39 is 0 Å². The molecule has 6 rings (SSSR count). The number of nitrogens with zero attached hydrogens (tertiary/aromatic N) is 1. The molecule has 38 heavy (non-hydrogen) atoms. The number of benzene rings is 5. The average Bonchev–Trinajstić information content (AvgIpc) is 2.99. The SMILES string of the molecule is Cc1ccc(C=Cc2ccc(N(c3ccc(-c4ccccc4)cc3)c3cccc4c3CCCC4)cc2)cc1. The van der Waals surface area contributed by atoms with Gasteiger partial charge in [-0.1, -0.05) is 109 Å². The lowest BCUT2D eigenvalue weighted by Crippen LogP contribution is -2.15. The maximum atomic E-state index is 2.44. The molecule has 1 aliphatic carbocycles. The van der Waals surface area contributed by atoms with Gasteiger partial charge in [-0.25, -0.2) is 0 Å². The zero-order valence-electron chi connectivity index (χ0n) is 22.0. The van der Waals surface area contributed by atoms with Crippen LogP contribution in [0.5, 0.6) is 0 Å². The monoisotopic (exact) mass is 491 g/mol. The Kier molecular flexibility index (Phi) is 6.91. The Hall–Kier alpha value is -4.36. The van der Waals surface area contributed by atoms with Gasteiger partial charge in [-0.2, -0.15) is 0 Å². The van der Waals surface area contributed by atoms with Gasteiger partial charge in [-0.15, -0.1) is 0 Å². The fourth-order valence-corrected chi connectivity index (χ4v) is 5.44. The average molecular weight is 492 g/mol. The van der Waals surface area contributed by atoms with E-state index in [1.54, 1.807) is 0 Å². The van der Waals surface area contributed by atoms with E-state index in [1.807, 2.05) is 0 Å². The molecule has 1 aliphatic rings. The van der Waals surface area contributed by atoms with Crippen molar-refractivity contribution in [3.63, 3.8) is 0 Å². The van der Waals surface area contributed by atoms with Crippen molar-refractivity contribution in [1.29, 1.82) is 0 Å². The molecule has 0 aromatic heterocycles. The Morgan fingerprint density at radius 3 is 1.79 bits per heavy atom. The summed E-state index contributed by atoms with van der Waals surface area (Å²) in [6, 6.07) is 44.0. The van der Waals surface area contributed by atoms with Crippen LogP contribution in [-0.2, 0) is 12.8 Å². The molecule has 0 spiro atoms. The summed E-state index contributed by atoms with van der Waals surface area (Å²) in [5.41, 5.74) is 12.8. The number of hydrogen-bond acceptors (Lipinski definition) is 1. The van der Waals surface area contributed by atoms with Crippen molar-refractivity contribution in [3.8, 4) is 11.1 Å². The summed E-state index contributed by atoms with van der Waals surface area (Å²) in [4.78, 5) is 2.44. The number of anilines is 3. The zero-order valence-corrected chi connectivity index (χ0v) is 22.0. The van der Waals surface area contributed by atoms with Crippen molar-refractivity contribution < 1.29 is 0 Å². The Morgan fingerprint density at radius 2 is 1.11 bits per heavy atom. The number of hydrogen-bond donors (Lipinski definition) is 0. The first-order valence-corrected chi connectivity index (χ1v) is 13.7. The molecule has 0 N–H and O–H groups in total. The minimum Gasteiger partial charge on any atom is -0.310 e. The molecule has 0 heterocycles. The van der Waals surface area contributed by atoms with Crippen LogP contribution in [0.2, 0.25) is 0 Å². The minimum absolute atomic E-state index is 1.14. The topological polar surface area (TPSA) is 3.24 Å². The normalized spacial score (nSPS) is 12.9.